The fourth-order valence-corrected chi connectivity index (χ4v) is 2.98. The Hall–Kier alpha value is -2.62. The van der Waals surface area contributed by atoms with Crippen molar-refractivity contribution in [1.82, 2.24) is 4.90 Å². The van der Waals surface area contributed by atoms with Crippen LogP contribution in [0.3, 0.4) is 0 Å². The molecule has 1 fully saturated rings. The van der Waals surface area contributed by atoms with E-state index in [1.165, 1.54) is 0 Å². The largest absolute Gasteiger partial charge is 0.338 e. The molecule has 0 aliphatic heterocycles. The van der Waals surface area contributed by atoms with E-state index in [0.717, 1.165) is 16.8 Å². The van der Waals surface area contributed by atoms with Crippen LogP contribution < -0.4 is 5.32 Å². The molecule has 2 amide bonds. The van der Waals surface area contributed by atoms with E-state index in [1.807, 2.05) is 68.4 Å². The molecule has 0 bridgehead atoms. The van der Waals surface area contributed by atoms with Gasteiger partial charge >= 0.3 is 0 Å². The lowest BCUT2D eigenvalue weighted by Crippen LogP contribution is -2.42. The highest BCUT2D eigenvalue weighted by atomic mass is 16.2. The molecule has 1 aliphatic carbocycles. The van der Waals surface area contributed by atoms with Crippen molar-refractivity contribution in [3.63, 3.8) is 0 Å². The van der Waals surface area contributed by atoms with Crippen LogP contribution in [0.4, 0.5) is 5.69 Å². The number of anilines is 1. The van der Waals surface area contributed by atoms with Gasteiger partial charge < -0.3 is 10.2 Å². The molecule has 0 spiro atoms. The average Bonchev–Trinajstić information content (AvgIpc) is 3.44. The van der Waals surface area contributed by atoms with Crippen molar-refractivity contribution in [1.29, 1.82) is 0 Å². The van der Waals surface area contributed by atoms with E-state index < -0.39 is 5.41 Å². The van der Waals surface area contributed by atoms with Crippen LogP contribution in [0.5, 0.6) is 0 Å². The number of hydrogen-bond donors (Lipinski definition) is 1. The molecule has 1 saturated carbocycles. The standard InChI is InChI=1S/C21H24N2O2/c1-3-23(15-17-7-5-4-6-8-17)20(25)21(13-14-21)19(24)22-18-11-9-16(2)10-12-18/h4-12H,3,13-15H2,1-2H3,(H,22,24). The highest BCUT2D eigenvalue weighted by Gasteiger charge is 2.57. The van der Waals surface area contributed by atoms with Crippen LogP contribution >= 0.6 is 0 Å². The third-order valence-corrected chi connectivity index (χ3v) is 4.79. The summed E-state index contributed by atoms with van der Waals surface area (Å²) in [5.74, 6) is -0.253. The highest BCUT2D eigenvalue weighted by molar-refractivity contribution is 6.13. The number of aryl methyl sites for hydroxylation is 1. The van der Waals surface area contributed by atoms with Gasteiger partial charge in [0.2, 0.25) is 11.8 Å². The first kappa shape index (κ1) is 17.2. The Bertz CT molecular complexity index is 749. The third kappa shape index (κ3) is 3.73. The molecule has 4 heteroatoms. The second-order valence-electron chi connectivity index (χ2n) is 6.71. The van der Waals surface area contributed by atoms with Gasteiger partial charge in [0.25, 0.3) is 0 Å². The number of hydrogen-bond acceptors (Lipinski definition) is 2. The quantitative estimate of drug-likeness (QED) is 0.817. The summed E-state index contributed by atoms with van der Waals surface area (Å²) >= 11 is 0. The van der Waals surface area contributed by atoms with Gasteiger partial charge in [0.05, 0.1) is 0 Å². The SMILES string of the molecule is CCN(Cc1ccccc1)C(=O)C1(C(=O)Nc2ccc(C)cc2)CC1. The summed E-state index contributed by atoms with van der Waals surface area (Å²) in [6.07, 6.45) is 1.24. The smallest absolute Gasteiger partial charge is 0.240 e. The molecule has 130 valence electrons. The fourth-order valence-electron chi connectivity index (χ4n) is 2.98. The van der Waals surface area contributed by atoms with Crippen LogP contribution in [0.15, 0.2) is 54.6 Å². The molecule has 0 aromatic heterocycles. The zero-order valence-corrected chi connectivity index (χ0v) is 14.8. The van der Waals surface area contributed by atoms with E-state index in [-0.39, 0.29) is 11.8 Å². The topological polar surface area (TPSA) is 49.4 Å². The summed E-state index contributed by atoms with van der Waals surface area (Å²) < 4.78 is 0. The maximum Gasteiger partial charge on any atom is 0.240 e. The van der Waals surface area contributed by atoms with Crippen LogP contribution in [-0.2, 0) is 16.1 Å². The summed E-state index contributed by atoms with van der Waals surface area (Å²) in [6, 6.07) is 17.5. The van der Waals surface area contributed by atoms with Crippen molar-refractivity contribution in [2.24, 2.45) is 5.41 Å². The van der Waals surface area contributed by atoms with Gasteiger partial charge in [-0.2, -0.15) is 0 Å². The van der Waals surface area contributed by atoms with Crippen molar-refractivity contribution in [3.8, 4) is 0 Å². The lowest BCUT2D eigenvalue weighted by molar-refractivity contribution is -0.142. The second-order valence-corrected chi connectivity index (χ2v) is 6.71. The maximum absolute atomic E-state index is 13.0. The van der Waals surface area contributed by atoms with E-state index in [2.05, 4.69) is 5.32 Å². The Labute approximate surface area is 148 Å². The summed E-state index contributed by atoms with van der Waals surface area (Å²) in [4.78, 5) is 27.5. The van der Waals surface area contributed by atoms with E-state index in [1.54, 1.807) is 4.90 Å². The Kier molecular flexibility index (Phi) is 4.88. The zero-order chi connectivity index (χ0) is 17.9. The Morgan fingerprint density at radius 3 is 2.24 bits per heavy atom. The number of carbonyl (C=O) groups is 2. The molecular formula is C21H24N2O2. The minimum Gasteiger partial charge on any atom is -0.338 e. The van der Waals surface area contributed by atoms with E-state index in [0.29, 0.717) is 25.9 Å². The normalized spacial score (nSPS) is 14.6. The molecule has 4 nitrogen and oxygen atoms in total. The summed E-state index contributed by atoms with van der Waals surface area (Å²) in [5, 5.41) is 2.91. The van der Waals surface area contributed by atoms with Gasteiger partial charge in [0, 0.05) is 18.8 Å². The van der Waals surface area contributed by atoms with E-state index in [4.69, 9.17) is 0 Å². The molecule has 1 aliphatic rings. The minimum absolute atomic E-state index is 0.0662. The lowest BCUT2D eigenvalue weighted by Gasteiger charge is -2.26. The van der Waals surface area contributed by atoms with Gasteiger partial charge in [-0.1, -0.05) is 48.0 Å². The molecule has 0 unspecified atom stereocenters. The van der Waals surface area contributed by atoms with Crippen molar-refractivity contribution in [3.05, 3.63) is 65.7 Å². The van der Waals surface area contributed by atoms with Crippen LogP contribution in [0.25, 0.3) is 0 Å². The zero-order valence-electron chi connectivity index (χ0n) is 14.8. The van der Waals surface area contributed by atoms with Gasteiger partial charge in [0.15, 0.2) is 0 Å². The Balaban J connectivity index is 1.70. The average molecular weight is 336 g/mol. The molecule has 0 radical (unpaired) electrons. The number of nitrogens with zero attached hydrogens (tertiary/aromatic N) is 1. The first-order valence-electron chi connectivity index (χ1n) is 8.76. The van der Waals surface area contributed by atoms with Crippen molar-refractivity contribution in [2.75, 3.05) is 11.9 Å². The third-order valence-electron chi connectivity index (χ3n) is 4.79. The van der Waals surface area contributed by atoms with Crippen molar-refractivity contribution < 1.29 is 9.59 Å². The molecule has 3 rings (SSSR count). The first-order valence-corrected chi connectivity index (χ1v) is 8.76. The van der Waals surface area contributed by atoms with Gasteiger partial charge in [-0.05, 0) is 44.4 Å². The van der Waals surface area contributed by atoms with Gasteiger partial charge in [-0.25, -0.2) is 0 Å². The van der Waals surface area contributed by atoms with Crippen LogP contribution in [-0.4, -0.2) is 23.3 Å². The predicted molar refractivity (Wildman–Crippen MR) is 99.0 cm³/mol. The van der Waals surface area contributed by atoms with Gasteiger partial charge in [-0.3, -0.25) is 9.59 Å². The number of nitrogens with one attached hydrogen (secondary N) is 1. The number of benzene rings is 2. The Morgan fingerprint density at radius 1 is 1.04 bits per heavy atom. The maximum atomic E-state index is 13.0. The molecule has 0 heterocycles. The minimum atomic E-state index is -0.893. The highest BCUT2D eigenvalue weighted by Crippen LogP contribution is 2.48. The molecule has 1 N–H and O–H groups in total. The van der Waals surface area contributed by atoms with Crippen molar-refractivity contribution >= 4 is 17.5 Å². The van der Waals surface area contributed by atoms with Crippen LogP contribution in [0, 0.1) is 12.3 Å². The van der Waals surface area contributed by atoms with Crippen molar-refractivity contribution in [2.45, 2.75) is 33.2 Å². The summed E-state index contributed by atoms with van der Waals surface area (Å²) in [6.45, 7) is 5.08. The number of amides is 2. The molecule has 2 aromatic carbocycles. The first-order chi connectivity index (χ1) is 12.0. The fraction of sp³-hybridized carbons (Fsp3) is 0.333. The molecule has 0 saturated heterocycles. The predicted octanol–water partition coefficient (Wildman–Crippen LogP) is 3.76. The Morgan fingerprint density at radius 2 is 1.68 bits per heavy atom. The lowest BCUT2D eigenvalue weighted by atomic mass is 10.0. The molecule has 25 heavy (non-hydrogen) atoms. The van der Waals surface area contributed by atoms with Gasteiger partial charge in [-0.15, -0.1) is 0 Å². The van der Waals surface area contributed by atoms with E-state index in [9.17, 15) is 9.59 Å². The van der Waals surface area contributed by atoms with Crippen LogP contribution in [0.1, 0.15) is 30.9 Å². The van der Waals surface area contributed by atoms with Gasteiger partial charge in [0.1, 0.15) is 5.41 Å². The monoisotopic (exact) mass is 336 g/mol. The molecule has 2 aromatic rings. The second kappa shape index (κ2) is 7.09. The van der Waals surface area contributed by atoms with Crippen LogP contribution in [0.2, 0.25) is 0 Å². The number of carbonyl (C=O) groups excluding carboxylic acids is 2. The summed E-state index contributed by atoms with van der Waals surface area (Å²) in [7, 11) is 0. The number of rotatable bonds is 6. The molecular weight excluding hydrogens is 312 g/mol. The molecule has 0 atom stereocenters. The van der Waals surface area contributed by atoms with E-state index >= 15 is 0 Å². The summed E-state index contributed by atoms with van der Waals surface area (Å²) in [5.41, 5.74) is 2.05.